The van der Waals surface area contributed by atoms with Gasteiger partial charge in [-0.05, 0) is 111 Å². The van der Waals surface area contributed by atoms with Gasteiger partial charge in [-0.2, -0.15) is 7.11 Å². The molecule has 108 heavy (non-hydrogen) atoms. The normalized spacial score (nSPS) is 9.64. The second-order valence-corrected chi connectivity index (χ2v) is 21.5. The van der Waals surface area contributed by atoms with E-state index in [0.29, 0.717) is 23.9 Å². The van der Waals surface area contributed by atoms with E-state index in [4.69, 9.17) is 60.9 Å². The molecule has 570 valence electrons. The number of aromatic amines is 1. The number of halogens is 3. The van der Waals surface area contributed by atoms with E-state index in [1.165, 1.54) is 88.2 Å². The van der Waals surface area contributed by atoms with Gasteiger partial charge in [0, 0.05) is 54.8 Å². The van der Waals surface area contributed by atoms with Crippen molar-refractivity contribution in [1.29, 1.82) is 0 Å². The van der Waals surface area contributed by atoms with E-state index in [-0.39, 0.29) is 165 Å². The number of carbonyl (C=O) groups is 9. The summed E-state index contributed by atoms with van der Waals surface area (Å²) in [4.78, 5) is 143. The van der Waals surface area contributed by atoms with Crippen molar-refractivity contribution in [3.05, 3.63) is 224 Å². The van der Waals surface area contributed by atoms with Gasteiger partial charge in [-0.1, -0.05) is 98.7 Å². The number of methoxy groups -OCH3 is 4. The van der Waals surface area contributed by atoms with E-state index in [0.717, 1.165) is 19.8 Å². The number of nitrogens with zero attached hydrogens (tertiary/aromatic N) is 7. The summed E-state index contributed by atoms with van der Waals surface area (Å²) in [5, 5.41) is 43.7. The largest absolute Gasteiger partial charge is 1.00 e. The van der Waals surface area contributed by atoms with Crippen LogP contribution >= 0.6 is 34.8 Å². The van der Waals surface area contributed by atoms with Crippen LogP contribution < -0.4 is 62.3 Å². The molecule has 10 N–H and O–H groups in total. The van der Waals surface area contributed by atoms with Gasteiger partial charge in [0.1, 0.15) is 33.4 Å². The fraction of sp³-hybridized carbons (Fsp3) is 0.236. The maximum Gasteiger partial charge on any atom is 1.00 e. The number of carbonyl (C=O) groups excluding carboxylic acids is 9. The third-order valence-electron chi connectivity index (χ3n) is 12.6. The minimum atomic E-state index is -0.817. The molecule has 0 aliphatic carbocycles. The van der Waals surface area contributed by atoms with Crippen molar-refractivity contribution in [3.63, 3.8) is 0 Å². The van der Waals surface area contributed by atoms with Gasteiger partial charge in [0.15, 0.2) is 45.7 Å². The predicted octanol–water partition coefficient (Wildman–Crippen LogP) is 5.20. The number of H-pyrrole nitrogens is 1. The van der Waals surface area contributed by atoms with Gasteiger partial charge < -0.3 is 75.9 Å². The summed E-state index contributed by atoms with van der Waals surface area (Å²) in [5.41, 5.74) is 11.6. The van der Waals surface area contributed by atoms with Crippen LogP contribution in [-0.4, -0.2) is 169 Å². The van der Waals surface area contributed by atoms with Gasteiger partial charge >= 0.3 is 65.4 Å². The average molecular weight is 1560 g/mol. The second kappa shape index (κ2) is 51.1. The van der Waals surface area contributed by atoms with Gasteiger partial charge in [0.05, 0.1) is 63.7 Å². The van der Waals surface area contributed by atoms with Crippen molar-refractivity contribution in [1.82, 2.24) is 50.5 Å². The summed E-state index contributed by atoms with van der Waals surface area (Å²) in [6.45, 7) is 7.46. The van der Waals surface area contributed by atoms with Crippen molar-refractivity contribution in [2.45, 2.75) is 67.8 Å². The second-order valence-electron chi connectivity index (χ2n) is 20.4. The van der Waals surface area contributed by atoms with Crippen molar-refractivity contribution in [3.8, 4) is 17.2 Å². The summed E-state index contributed by atoms with van der Waals surface area (Å²) in [7, 11) is 5.61. The first-order chi connectivity index (χ1) is 50.2. The number of hydrogen-bond acceptors (Lipinski definition) is 29. The quantitative estimate of drug-likeness (QED) is 0.0215. The molecule has 8 heterocycles. The molecule has 32 nitrogen and oxygen atoms in total. The van der Waals surface area contributed by atoms with Crippen LogP contribution in [0.4, 0.5) is 0 Å². The van der Waals surface area contributed by atoms with E-state index in [1.54, 1.807) is 58.0 Å². The molecule has 36 heteroatoms. The Labute approximate surface area is 657 Å². The molecule has 0 saturated heterocycles. The van der Waals surface area contributed by atoms with Crippen LogP contribution in [0.1, 0.15) is 127 Å². The third kappa shape index (κ3) is 30.3. The molecule has 0 saturated carbocycles. The molecule has 0 spiro atoms. The number of amides is 2. The van der Waals surface area contributed by atoms with Crippen LogP contribution in [0.3, 0.4) is 0 Å². The molecule has 0 unspecified atom stereocenters. The molecule has 0 fully saturated rings. The van der Waals surface area contributed by atoms with Gasteiger partial charge in [0.25, 0.3) is 22.6 Å². The molecule has 8 aromatic heterocycles. The van der Waals surface area contributed by atoms with E-state index in [9.17, 15) is 63.3 Å². The molecule has 0 aliphatic rings. The number of esters is 6. The Kier molecular flexibility index (Phi) is 45.8. The van der Waals surface area contributed by atoms with Crippen LogP contribution in [0.2, 0.25) is 10.3 Å². The van der Waals surface area contributed by atoms with Crippen molar-refractivity contribution < 1.29 is 122 Å². The molecule has 0 aliphatic heterocycles. The zero-order valence-electron chi connectivity index (χ0n) is 58.6. The molecule has 10 rings (SSSR count). The molecular weight excluding hydrogens is 1480 g/mol. The topological polar surface area (TPSA) is 492 Å². The first-order valence-corrected chi connectivity index (χ1v) is 31.5. The van der Waals surface area contributed by atoms with E-state index < -0.39 is 52.5 Å². The first-order valence-electron chi connectivity index (χ1n) is 30.4. The molecule has 0 radical (unpaired) electrons. The summed E-state index contributed by atoms with van der Waals surface area (Å²) in [6, 6.07) is 35.1. The number of pyridine rings is 8. The third-order valence-corrected chi connectivity index (χ3v) is 13.4. The molecule has 0 bridgehead atoms. The molecule has 10 aromatic rings. The summed E-state index contributed by atoms with van der Waals surface area (Å²) >= 11 is 17.2. The zero-order valence-corrected chi connectivity index (χ0v) is 62.9. The smallest absolute Gasteiger partial charge is 0.857 e. The number of aromatic hydroxyl groups is 3. The zero-order chi connectivity index (χ0) is 78.3. The van der Waals surface area contributed by atoms with E-state index in [2.05, 4.69) is 69.5 Å². The molecular formula is C72H80Cl3N12NaO20. The fourth-order valence-electron chi connectivity index (χ4n) is 7.85. The van der Waals surface area contributed by atoms with Crippen LogP contribution in [-0.2, 0) is 51.1 Å². The van der Waals surface area contributed by atoms with Crippen LogP contribution in [0, 0.1) is 0 Å². The molecule has 2 aromatic carbocycles. The predicted molar refractivity (Wildman–Crippen MR) is 396 cm³/mol. The van der Waals surface area contributed by atoms with Crippen LogP contribution in [0.15, 0.2) is 157 Å². The van der Waals surface area contributed by atoms with Crippen molar-refractivity contribution in [2.24, 2.45) is 11.5 Å². The maximum atomic E-state index is 12.2. The number of fused-ring (bicyclic) bond motifs is 3. The number of aromatic nitrogens is 8. The number of ether oxygens (including phenoxy) is 6. The standard InChI is InChI=1S/C16H12ClN3O2.C13H16N2O5.C10H7ClN2O3.C10H10ClNO3.C10H8N2O4.C7H9N.C3H7NO2.CH3O.2CH4.Na/c17-15-11-7-4-8-18-12(11)14(21)13(20-15)16(22)19-9-10-5-2-1-3-6-10;1-8(2)20-13(18)11-9(5-4-6-14-11)12(17)15-7-10(16)19-3;1-16-10(15)7-8(14)6-5(9(11)13-7)3-2-4-12-6;1-6(2)15-10(14)8-7(9(11)13)4-3-5-12-8;1-16-10(15)7-8(13)6-5(9(14)12-7)3-2-4-11-6;8-6-7-4-2-1-3-5-7;1-6-3(5)2-4;1-2;;;/h1-8,21H,9H2,(H,19,22);4-6,8H,7H2,1-3H3,(H,15,17);2-4,14H,1H3;3-6H,1-2H3;2-4,13H,1H3,(H,12,14);1-5H,6,8H2;2,4H2,1H3;1H3;2*1H4;/q;;;;;;;-1;;;+1. The first kappa shape index (κ1) is 96.8. The minimum Gasteiger partial charge on any atom is -0.857 e. The Balaban J connectivity index is 0.00000126. The van der Waals surface area contributed by atoms with Gasteiger partial charge in [0.2, 0.25) is 0 Å². The van der Waals surface area contributed by atoms with Crippen LogP contribution in [0.25, 0.3) is 32.7 Å². The Morgan fingerprint density at radius 3 is 1.31 bits per heavy atom. The average Bonchev–Trinajstić information content (AvgIpc) is 0.800. The SMILES string of the molecule is C.C.CC(C)OC(=O)c1ncccc1C(=O)Cl.COC(=O)CN.COC(=O)CNC(=O)c1cccnc1C(=O)OC(C)C.COC(=O)c1[nH]c(=O)c2cccnc2c1O.COC(=O)c1nc(Cl)c2cccnc2c1O.C[O-].NCc1ccccc1.O=C(NCc1ccccc1)c1nc(Cl)c2cccnc2c1O.[Na+]. The number of nitrogens with one attached hydrogen (secondary N) is 3. The Bertz CT molecular complexity index is 4660. The van der Waals surface area contributed by atoms with Gasteiger partial charge in [-0.3, -0.25) is 43.7 Å². The van der Waals surface area contributed by atoms with Crippen molar-refractivity contribution >= 4 is 120 Å². The van der Waals surface area contributed by atoms with E-state index in [1.807, 2.05) is 60.7 Å². The van der Waals surface area contributed by atoms with Gasteiger partial charge in [-0.25, -0.2) is 39.1 Å². The number of benzene rings is 2. The fourth-order valence-corrected chi connectivity index (χ4v) is 8.47. The summed E-state index contributed by atoms with van der Waals surface area (Å²) < 4.78 is 27.4. The minimum absolute atomic E-state index is 0. The van der Waals surface area contributed by atoms with Gasteiger partial charge in [-0.15, -0.1) is 0 Å². The van der Waals surface area contributed by atoms with E-state index >= 15 is 0 Å². The Hall–Kier alpha value is -11.2. The Morgan fingerprint density at radius 2 is 0.898 bits per heavy atom. The summed E-state index contributed by atoms with van der Waals surface area (Å²) in [6.07, 6.45) is 6.62. The van der Waals surface area contributed by atoms with Crippen molar-refractivity contribution in [2.75, 3.05) is 48.6 Å². The Morgan fingerprint density at radius 1 is 0.491 bits per heavy atom. The molecule has 2 amide bonds. The monoisotopic (exact) mass is 1560 g/mol. The summed E-state index contributed by atoms with van der Waals surface area (Å²) in [5.74, 6) is -5.97. The maximum absolute atomic E-state index is 12.2. The van der Waals surface area contributed by atoms with Crippen LogP contribution in [0.5, 0.6) is 17.2 Å². The molecule has 0 atom stereocenters. The number of rotatable bonds is 15. The number of nitrogens with two attached hydrogens (primary N) is 2. The number of hydrogen-bond donors (Lipinski definition) is 8.